The zero-order chi connectivity index (χ0) is 18.1. The van der Waals surface area contributed by atoms with Crippen LogP contribution in [0.1, 0.15) is 59.1 Å². The highest BCUT2D eigenvalue weighted by Gasteiger charge is 2.36. The van der Waals surface area contributed by atoms with E-state index in [0.29, 0.717) is 5.75 Å². The largest absolute Gasteiger partial charge is 0.493 e. The second-order valence-corrected chi connectivity index (χ2v) is 7.96. The van der Waals surface area contributed by atoms with E-state index in [1.807, 2.05) is 12.1 Å². The van der Waals surface area contributed by atoms with Crippen LogP contribution in [0.2, 0.25) is 0 Å². The monoisotopic (exact) mass is 331 g/mol. The number of halogens is 3. The summed E-state index contributed by atoms with van der Waals surface area (Å²) in [5, 5.41) is 0. The van der Waals surface area contributed by atoms with Crippen LogP contribution >= 0.6 is 0 Å². The van der Waals surface area contributed by atoms with Gasteiger partial charge in [0.05, 0.1) is 6.61 Å². The minimum Gasteiger partial charge on any atom is -0.493 e. The van der Waals surface area contributed by atoms with E-state index in [-0.39, 0.29) is 23.9 Å². The number of ether oxygens (including phenoxy) is 1. The lowest BCUT2D eigenvalue weighted by Gasteiger charge is -2.32. The minimum atomic E-state index is -4.39. The maximum atomic E-state index is 12.5. The molecule has 0 radical (unpaired) electrons. The van der Waals surface area contributed by atoms with E-state index < -0.39 is 12.2 Å². The van der Waals surface area contributed by atoms with Crippen molar-refractivity contribution < 1.29 is 17.9 Å². The van der Waals surface area contributed by atoms with Gasteiger partial charge < -0.3 is 10.5 Å². The molecule has 2 nitrogen and oxygen atoms in total. The highest BCUT2D eigenvalue weighted by Crippen LogP contribution is 2.39. The summed E-state index contributed by atoms with van der Waals surface area (Å²) in [5.41, 5.74) is 7.06. The summed E-state index contributed by atoms with van der Waals surface area (Å²) in [7, 11) is 0. The van der Waals surface area contributed by atoms with Crippen molar-refractivity contribution in [1.29, 1.82) is 0 Å². The molecule has 0 aliphatic rings. The Hall–Kier alpha value is -1.23. The first-order chi connectivity index (χ1) is 10.2. The lowest BCUT2D eigenvalue weighted by atomic mass is 9.75. The summed E-state index contributed by atoms with van der Waals surface area (Å²) >= 11 is 0. The van der Waals surface area contributed by atoms with Crippen molar-refractivity contribution in [1.82, 2.24) is 0 Å². The summed E-state index contributed by atoms with van der Waals surface area (Å²) in [5.74, 6) is 0.638. The van der Waals surface area contributed by atoms with Crippen LogP contribution in [0.25, 0.3) is 0 Å². The van der Waals surface area contributed by atoms with Crippen molar-refractivity contribution in [3.63, 3.8) is 0 Å². The van der Waals surface area contributed by atoms with Crippen molar-refractivity contribution in [3.8, 4) is 5.75 Å². The highest BCUT2D eigenvalue weighted by atomic mass is 19.4. The molecule has 0 fully saturated rings. The van der Waals surface area contributed by atoms with Crippen molar-refractivity contribution in [2.45, 2.75) is 71.0 Å². The van der Waals surface area contributed by atoms with E-state index >= 15 is 0 Å². The fourth-order valence-electron chi connectivity index (χ4n) is 2.51. The normalized spacial score (nSPS) is 14.7. The van der Waals surface area contributed by atoms with Gasteiger partial charge in [0.25, 0.3) is 0 Å². The molecular weight excluding hydrogens is 303 g/mol. The SMILES string of the molecule is CC(C)(C)c1cccc(OCCC(N)C(F)(F)F)c1C(C)(C)C. The van der Waals surface area contributed by atoms with Gasteiger partial charge in [-0.2, -0.15) is 13.2 Å². The van der Waals surface area contributed by atoms with Crippen LogP contribution in [-0.4, -0.2) is 18.8 Å². The molecular formula is C18H28F3NO. The van der Waals surface area contributed by atoms with Gasteiger partial charge in [-0.25, -0.2) is 0 Å². The van der Waals surface area contributed by atoms with E-state index in [1.165, 1.54) is 0 Å². The average molecular weight is 331 g/mol. The van der Waals surface area contributed by atoms with Crippen LogP contribution in [-0.2, 0) is 10.8 Å². The van der Waals surface area contributed by atoms with Gasteiger partial charge in [0.1, 0.15) is 11.8 Å². The molecule has 0 saturated heterocycles. The van der Waals surface area contributed by atoms with Crippen LogP contribution in [0.4, 0.5) is 13.2 Å². The maximum Gasteiger partial charge on any atom is 0.403 e. The first kappa shape index (κ1) is 19.8. The van der Waals surface area contributed by atoms with E-state index in [2.05, 4.69) is 47.6 Å². The number of rotatable bonds is 4. The van der Waals surface area contributed by atoms with Gasteiger partial charge in [0.15, 0.2) is 0 Å². The Balaban J connectivity index is 3.04. The number of alkyl halides is 3. The van der Waals surface area contributed by atoms with Crippen molar-refractivity contribution >= 4 is 0 Å². The Kier molecular flexibility index (Phi) is 5.79. The van der Waals surface area contributed by atoms with Crippen LogP contribution in [0.3, 0.4) is 0 Å². The third kappa shape index (κ3) is 5.41. The molecule has 132 valence electrons. The summed E-state index contributed by atoms with van der Waals surface area (Å²) in [4.78, 5) is 0. The standard InChI is InChI=1S/C18H28F3NO/c1-16(2,3)12-8-7-9-13(15(12)17(4,5)6)23-11-10-14(22)18(19,20)21/h7-9,14H,10-11,22H2,1-6H3. The summed E-state index contributed by atoms with van der Waals surface area (Å²) < 4.78 is 43.1. The summed E-state index contributed by atoms with van der Waals surface area (Å²) in [6.45, 7) is 12.5. The molecule has 1 aromatic carbocycles. The van der Waals surface area contributed by atoms with Crippen molar-refractivity contribution in [3.05, 3.63) is 29.3 Å². The maximum absolute atomic E-state index is 12.5. The molecule has 0 aliphatic carbocycles. The molecule has 1 unspecified atom stereocenters. The second-order valence-electron chi connectivity index (χ2n) is 7.96. The predicted octanol–water partition coefficient (Wildman–Crippen LogP) is 4.94. The molecule has 1 atom stereocenters. The van der Waals surface area contributed by atoms with Gasteiger partial charge in [0.2, 0.25) is 0 Å². The van der Waals surface area contributed by atoms with E-state index in [1.54, 1.807) is 0 Å². The van der Waals surface area contributed by atoms with E-state index in [0.717, 1.165) is 11.1 Å². The fourth-order valence-corrected chi connectivity index (χ4v) is 2.51. The molecule has 0 bridgehead atoms. The lowest BCUT2D eigenvalue weighted by molar-refractivity contribution is -0.150. The fraction of sp³-hybridized carbons (Fsp3) is 0.667. The van der Waals surface area contributed by atoms with Crippen LogP contribution in [0.5, 0.6) is 5.75 Å². The zero-order valence-electron chi connectivity index (χ0n) is 14.8. The predicted molar refractivity (Wildman–Crippen MR) is 88.0 cm³/mol. The van der Waals surface area contributed by atoms with E-state index in [4.69, 9.17) is 10.5 Å². The smallest absolute Gasteiger partial charge is 0.403 e. The number of hydrogen-bond donors (Lipinski definition) is 1. The topological polar surface area (TPSA) is 35.2 Å². The Morgan fingerprint density at radius 1 is 1.00 bits per heavy atom. The number of hydrogen-bond acceptors (Lipinski definition) is 2. The van der Waals surface area contributed by atoms with Crippen molar-refractivity contribution in [2.75, 3.05) is 6.61 Å². The second kappa shape index (κ2) is 6.71. The van der Waals surface area contributed by atoms with Crippen molar-refractivity contribution in [2.24, 2.45) is 5.73 Å². The molecule has 2 N–H and O–H groups in total. The Labute approximate surface area is 137 Å². The van der Waals surface area contributed by atoms with Gasteiger partial charge in [0, 0.05) is 12.0 Å². The lowest BCUT2D eigenvalue weighted by Crippen LogP contribution is -2.38. The highest BCUT2D eigenvalue weighted by molar-refractivity contribution is 5.47. The average Bonchev–Trinajstić information content (AvgIpc) is 2.34. The molecule has 0 aliphatic heterocycles. The molecule has 1 aromatic rings. The Morgan fingerprint density at radius 2 is 1.57 bits per heavy atom. The number of benzene rings is 1. The minimum absolute atomic E-state index is 0.0582. The van der Waals surface area contributed by atoms with Crippen LogP contribution in [0.15, 0.2) is 18.2 Å². The van der Waals surface area contributed by atoms with Gasteiger partial charge in [-0.3, -0.25) is 0 Å². The van der Waals surface area contributed by atoms with Crippen LogP contribution in [0, 0.1) is 0 Å². The first-order valence-electron chi connectivity index (χ1n) is 7.83. The molecule has 0 aromatic heterocycles. The van der Waals surface area contributed by atoms with Gasteiger partial charge in [-0.1, -0.05) is 53.7 Å². The summed E-state index contributed by atoms with van der Waals surface area (Å²) in [6.07, 6.45) is -4.64. The van der Waals surface area contributed by atoms with Crippen LogP contribution < -0.4 is 10.5 Å². The van der Waals surface area contributed by atoms with Gasteiger partial charge >= 0.3 is 6.18 Å². The third-order valence-corrected chi connectivity index (χ3v) is 3.69. The zero-order valence-corrected chi connectivity index (χ0v) is 14.8. The van der Waals surface area contributed by atoms with E-state index in [9.17, 15) is 13.2 Å². The Bertz CT molecular complexity index is 525. The molecule has 0 spiro atoms. The molecule has 5 heteroatoms. The first-order valence-corrected chi connectivity index (χ1v) is 7.83. The molecule has 23 heavy (non-hydrogen) atoms. The quantitative estimate of drug-likeness (QED) is 0.848. The molecule has 1 rings (SSSR count). The molecule has 0 saturated carbocycles. The molecule has 0 amide bonds. The van der Waals surface area contributed by atoms with Gasteiger partial charge in [-0.15, -0.1) is 0 Å². The molecule has 0 heterocycles. The number of nitrogens with two attached hydrogens (primary N) is 1. The third-order valence-electron chi connectivity index (χ3n) is 3.69. The van der Waals surface area contributed by atoms with Gasteiger partial charge in [-0.05, 0) is 22.5 Å². The Morgan fingerprint density at radius 3 is 2.00 bits per heavy atom. The summed E-state index contributed by atoms with van der Waals surface area (Å²) in [6, 6.07) is 3.89.